The number of benzene rings is 1. The smallest absolute Gasteiger partial charge is 0.420 e. The van der Waals surface area contributed by atoms with Crippen LogP contribution in [0.5, 0.6) is 11.5 Å². The first-order chi connectivity index (χ1) is 10.6. The van der Waals surface area contributed by atoms with Gasteiger partial charge in [0.1, 0.15) is 29.4 Å². The van der Waals surface area contributed by atoms with E-state index >= 15 is 0 Å². The van der Waals surface area contributed by atoms with Crippen LogP contribution in [-0.4, -0.2) is 14.2 Å². The van der Waals surface area contributed by atoms with Gasteiger partial charge < -0.3 is 9.47 Å². The highest BCUT2D eigenvalue weighted by Crippen LogP contribution is 2.51. The van der Waals surface area contributed by atoms with Crippen LogP contribution in [0.3, 0.4) is 0 Å². The summed E-state index contributed by atoms with van der Waals surface area (Å²) in [7, 11) is 2.04. The maximum atomic E-state index is 14.1. The van der Waals surface area contributed by atoms with Gasteiger partial charge in [0.05, 0.1) is 14.2 Å². The van der Waals surface area contributed by atoms with Crippen molar-refractivity contribution in [3.8, 4) is 11.5 Å². The molecule has 1 rings (SSSR count). The van der Waals surface area contributed by atoms with Crippen LogP contribution in [0.1, 0.15) is 34.6 Å². The standard InChI is InChI=1S/C16H17F5O2/c1-6-9(17)11-8(3)14(22-4)12(10(18)7-2)13(15(11)23-5)16(19,20)21/h6-7,9-10H,1-2H2,3-5H3. The highest BCUT2D eigenvalue weighted by molar-refractivity contribution is 5.62. The van der Waals surface area contributed by atoms with Crippen LogP contribution in [0.25, 0.3) is 0 Å². The lowest BCUT2D eigenvalue weighted by molar-refractivity contribution is -0.140. The molecule has 0 spiro atoms. The summed E-state index contributed by atoms with van der Waals surface area (Å²) < 4.78 is 78.5. The Balaban J connectivity index is 4.09. The van der Waals surface area contributed by atoms with Crippen molar-refractivity contribution in [2.75, 3.05) is 14.2 Å². The maximum absolute atomic E-state index is 14.1. The molecule has 0 amide bonds. The largest absolute Gasteiger partial charge is 0.496 e. The van der Waals surface area contributed by atoms with Gasteiger partial charge >= 0.3 is 6.18 Å². The quantitative estimate of drug-likeness (QED) is 0.510. The lowest BCUT2D eigenvalue weighted by Crippen LogP contribution is -2.17. The Kier molecular flexibility index (Phi) is 5.80. The minimum absolute atomic E-state index is 0.00394. The molecule has 0 heterocycles. The molecule has 23 heavy (non-hydrogen) atoms. The Labute approximate surface area is 131 Å². The van der Waals surface area contributed by atoms with E-state index in [-0.39, 0.29) is 5.56 Å². The van der Waals surface area contributed by atoms with Gasteiger partial charge in [-0.2, -0.15) is 13.2 Å². The van der Waals surface area contributed by atoms with Crippen LogP contribution in [0.15, 0.2) is 25.3 Å². The van der Waals surface area contributed by atoms with Gasteiger partial charge in [-0.05, 0) is 6.92 Å². The highest BCUT2D eigenvalue weighted by Gasteiger charge is 2.43. The van der Waals surface area contributed by atoms with Crippen LogP contribution < -0.4 is 9.47 Å². The molecular formula is C16H17F5O2. The number of halogens is 5. The molecule has 2 unspecified atom stereocenters. The van der Waals surface area contributed by atoms with Crippen molar-refractivity contribution in [3.05, 3.63) is 47.6 Å². The van der Waals surface area contributed by atoms with Gasteiger partial charge in [-0.1, -0.05) is 25.3 Å². The zero-order valence-electron chi connectivity index (χ0n) is 12.9. The first kappa shape index (κ1) is 19.0. The lowest BCUT2D eigenvalue weighted by Gasteiger charge is -2.26. The normalized spacial score (nSPS) is 14.1. The summed E-state index contributed by atoms with van der Waals surface area (Å²) in [5.41, 5.74) is -2.60. The highest BCUT2D eigenvalue weighted by atomic mass is 19.4. The topological polar surface area (TPSA) is 18.5 Å². The molecule has 0 aliphatic heterocycles. The summed E-state index contributed by atoms with van der Waals surface area (Å²) in [6, 6.07) is 0. The van der Waals surface area contributed by atoms with E-state index in [0.29, 0.717) is 6.08 Å². The molecule has 128 valence electrons. The van der Waals surface area contributed by atoms with Crippen LogP contribution in [0.4, 0.5) is 22.0 Å². The third kappa shape index (κ3) is 3.33. The van der Waals surface area contributed by atoms with E-state index in [9.17, 15) is 22.0 Å². The summed E-state index contributed by atoms with van der Waals surface area (Å²) in [5.74, 6) is -1.19. The van der Waals surface area contributed by atoms with E-state index < -0.39 is 46.7 Å². The summed E-state index contributed by atoms with van der Waals surface area (Å²) in [6.45, 7) is 7.72. The van der Waals surface area contributed by atoms with E-state index in [1.165, 1.54) is 6.92 Å². The Morgan fingerprint density at radius 1 is 0.913 bits per heavy atom. The van der Waals surface area contributed by atoms with Gasteiger partial charge in [-0.15, -0.1) is 0 Å². The second-order valence-electron chi connectivity index (χ2n) is 4.67. The van der Waals surface area contributed by atoms with E-state index in [2.05, 4.69) is 13.2 Å². The van der Waals surface area contributed by atoms with E-state index in [1.807, 2.05) is 0 Å². The average molecular weight is 336 g/mol. The predicted octanol–water partition coefficient (Wildman–Crippen LogP) is 5.42. The molecular weight excluding hydrogens is 319 g/mol. The zero-order chi connectivity index (χ0) is 17.9. The zero-order valence-corrected chi connectivity index (χ0v) is 12.9. The van der Waals surface area contributed by atoms with Gasteiger partial charge in [0, 0.05) is 16.7 Å². The minimum atomic E-state index is -4.98. The number of hydrogen-bond donors (Lipinski definition) is 0. The number of hydrogen-bond acceptors (Lipinski definition) is 2. The molecule has 0 radical (unpaired) electrons. The van der Waals surface area contributed by atoms with Crippen molar-refractivity contribution in [2.45, 2.75) is 25.4 Å². The number of allylic oxidation sites excluding steroid dienone is 2. The summed E-state index contributed by atoms with van der Waals surface area (Å²) in [6.07, 6.45) is -7.55. The second-order valence-corrected chi connectivity index (χ2v) is 4.67. The molecule has 0 aromatic heterocycles. The Morgan fingerprint density at radius 3 is 1.70 bits per heavy atom. The van der Waals surface area contributed by atoms with E-state index in [1.54, 1.807) is 0 Å². The summed E-state index contributed by atoms with van der Waals surface area (Å²) >= 11 is 0. The molecule has 2 nitrogen and oxygen atoms in total. The van der Waals surface area contributed by atoms with Gasteiger partial charge in [0.25, 0.3) is 0 Å². The minimum Gasteiger partial charge on any atom is -0.496 e. The molecule has 0 aliphatic rings. The third-order valence-electron chi connectivity index (χ3n) is 3.39. The first-order valence-corrected chi connectivity index (χ1v) is 6.54. The van der Waals surface area contributed by atoms with Crippen molar-refractivity contribution in [1.29, 1.82) is 0 Å². The van der Waals surface area contributed by atoms with Crippen LogP contribution >= 0.6 is 0 Å². The van der Waals surface area contributed by atoms with E-state index in [0.717, 1.165) is 20.3 Å². The van der Waals surface area contributed by atoms with Crippen molar-refractivity contribution in [3.63, 3.8) is 0 Å². The fourth-order valence-corrected chi connectivity index (χ4v) is 2.45. The van der Waals surface area contributed by atoms with Gasteiger partial charge in [-0.3, -0.25) is 0 Å². The Hall–Kier alpha value is -2.05. The van der Waals surface area contributed by atoms with Crippen molar-refractivity contribution in [1.82, 2.24) is 0 Å². The van der Waals surface area contributed by atoms with Crippen molar-refractivity contribution < 1.29 is 31.4 Å². The SMILES string of the molecule is C=CC(F)c1c(C)c(OC)c(C(F)C=C)c(C(F)(F)F)c1OC. The number of ether oxygens (including phenoxy) is 2. The fraction of sp³-hybridized carbons (Fsp3) is 0.375. The molecule has 0 N–H and O–H groups in total. The maximum Gasteiger partial charge on any atom is 0.420 e. The first-order valence-electron chi connectivity index (χ1n) is 6.54. The molecule has 0 bridgehead atoms. The average Bonchev–Trinajstić information content (AvgIpc) is 2.50. The van der Waals surface area contributed by atoms with Gasteiger partial charge in [0.2, 0.25) is 0 Å². The fourth-order valence-electron chi connectivity index (χ4n) is 2.45. The molecule has 0 saturated heterocycles. The Morgan fingerprint density at radius 2 is 1.35 bits per heavy atom. The molecule has 7 heteroatoms. The number of alkyl halides is 5. The molecule has 1 aromatic carbocycles. The molecule has 2 atom stereocenters. The molecule has 1 aromatic rings. The number of rotatable bonds is 6. The lowest BCUT2D eigenvalue weighted by atomic mass is 9.90. The van der Waals surface area contributed by atoms with Crippen molar-refractivity contribution >= 4 is 0 Å². The monoisotopic (exact) mass is 336 g/mol. The van der Waals surface area contributed by atoms with E-state index in [4.69, 9.17) is 9.47 Å². The van der Waals surface area contributed by atoms with Crippen LogP contribution in [-0.2, 0) is 6.18 Å². The second kappa shape index (κ2) is 7.02. The predicted molar refractivity (Wildman–Crippen MR) is 77.4 cm³/mol. The summed E-state index contributed by atoms with van der Waals surface area (Å²) in [4.78, 5) is 0. The Bertz CT molecular complexity index is 608. The van der Waals surface area contributed by atoms with Gasteiger partial charge in [0.15, 0.2) is 0 Å². The molecule has 0 aliphatic carbocycles. The van der Waals surface area contributed by atoms with Crippen LogP contribution in [0, 0.1) is 6.92 Å². The third-order valence-corrected chi connectivity index (χ3v) is 3.39. The van der Waals surface area contributed by atoms with Gasteiger partial charge in [-0.25, -0.2) is 8.78 Å². The van der Waals surface area contributed by atoms with Crippen LogP contribution in [0.2, 0.25) is 0 Å². The molecule has 0 saturated carbocycles. The number of methoxy groups -OCH3 is 2. The summed E-state index contributed by atoms with van der Waals surface area (Å²) in [5, 5.41) is 0. The van der Waals surface area contributed by atoms with Crippen molar-refractivity contribution in [2.24, 2.45) is 0 Å². The molecule has 0 fully saturated rings.